The third-order valence-corrected chi connectivity index (χ3v) is 4.00. The van der Waals surface area contributed by atoms with Crippen molar-refractivity contribution in [2.24, 2.45) is 11.7 Å². The molecule has 1 aromatic carbocycles. The van der Waals surface area contributed by atoms with Gasteiger partial charge in [0.1, 0.15) is 11.8 Å². The Morgan fingerprint density at radius 2 is 1.91 bits per heavy atom. The van der Waals surface area contributed by atoms with Crippen molar-refractivity contribution in [3.8, 4) is 5.75 Å². The number of rotatable bonds is 7. The SMILES string of the molecule is CC[C@H](C)[C@H](NC(N)=O)C(=O)N[C@@H](C)c1cc(C)ccc1OC. The Balaban J connectivity index is 2.93. The van der Waals surface area contributed by atoms with Crippen LogP contribution in [0.2, 0.25) is 0 Å². The van der Waals surface area contributed by atoms with Crippen LogP contribution in [0.5, 0.6) is 5.75 Å². The van der Waals surface area contributed by atoms with Crippen LogP contribution in [0, 0.1) is 12.8 Å². The van der Waals surface area contributed by atoms with Gasteiger partial charge < -0.3 is 21.1 Å². The molecule has 0 spiro atoms. The van der Waals surface area contributed by atoms with Crippen molar-refractivity contribution >= 4 is 11.9 Å². The zero-order chi connectivity index (χ0) is 17.6. The van der Waals surface area contributed by atoms with Gasteiger partial charge in [-0.3, -0.25) is 4.79 Å². The molecule has 3 atom stereocenters. The number of ether oxygens (including phenoxy) is 1. The molecule has 0 aromatic heterocycles. The number of nitrogens with two attached hydrogens (primary N) is 1. The molecule has 0 saturated heterocycles. The van der Waals surface area contributed by atoms with Crippen molar-refractivity contribution in [2.45, 2.75) is 46.2 Å². The smallest absolute Gasteiger partial charge is 0.312 e. The van der Waals surface area contributed by atoms with Gasteiger partial charge in [0.15, 0.2) is 0 Å². The van der Waals surface area contributed by atoms with E-state index in [-0.39, 0.29) is 17.9 Å². The average Bonchev–Trinajstić information content (AvgIpc) is 2.51. The van der Waals surface area contributed by atoms with Gasteiger partial charge in [0.2, 0.25) is 5.91 Å². The Hall–Kier alpha value is -2.24. The van der Waals surface area contributed by atoms with Crippen LogP contribution in [0.15, 0.2) is 18.2 Å². The first-order valence-electron chi connectivity index (χ1n) is 7.81. The molecule has 0 fully saturated rings. The lowest BCUT2D eigenvalue weighted by Gasteiger charge is -2.25. The predicted molar refractivity (Wildman–Crippen MR) is 90.3 cm³/mol. The maximum absolute atomic E-state index is 12.5. The molecule has 0 saturated carbocycles. The Morgan fingerprint density at radius 3 is 2.43 bits per heavy atom. The van der Waals surface area contributed by atoms with Crippen LogP contribution in [0.25, 0.3) is 0 Å². The van der Waals surface area contributed by atoms with E-state index < -0.39 is 12.1 Å². The molecule has 0 unspecified atom stereocenters. The number of carbonyl (C=O) groups is 2. The van der Waals surface area contributed by atoms with E-state index in [1.807, 2.05) is 45.9 Å². The third-order valence-electron chi connectivity index (χ3n) is 4.00. The molecule has 0 aliphatic heterocycles. The summed E-state index contributed by atoms with van der Waals surface area (Å²) >= 11 is 0. The summed E-state index contributed by atoms with van der Waals surface area (Å²) in [6.07, 6.45) is 0.751. The lowest BCUT2D eigenvalue weighted by atomic mass is 9.97. The summed E-state index contributed by atoms with van der Waals surface area (Å²) in [5, 5.41) is 5.45. The molecule has 6 nitrogen and oxygen atoms in total. The topological polar surface area (TPSA) is 93.5 Å². The molecule has 0 heterocycles. The number of aryl methyl sites for hydroxylation is 1. The van der Waals surface area contributed by atoms with Crippen LogP contribution in [0.3, 0.4) is 0 Å². The van der Waals surface area contributed by atoms with Gasteiger partial charge in [-0.15, -0.1) is 0 Å². The van der Waals surface area contributed by atoms with Crippen LogP contribution in [-0.2, 0) is 4.79 Å². The second-order valence-corrected chi connectivity index (χ2v) is 5.85. The van der Waals surface area contributed by atoms with Crippen molar-refractivity contribution < 1.29 is 14.3 Å². The number of nitrogens with one attached hydrogen (secondary N) is 2. The van der Waals surface area contributed by atoms with Gasteiger partial charge in [0, 0.05) is 5.56 Å². The Labute approximate surface area is 137 Å². The third kappa shape index (κ3) is 5.16. The molecule has 3 amide bonds. The molecule has 0 aliphatic carbocycles. The number of hydrogen-bond donors (Lipinski definition) is 3. The van der Waals surface area contributed by atoms with E-state index in [2.05, 4.69) is 10.6 Å². The van der Waals surface area contributed by atoms with E-state index in [4.69, 9.17) is 10.5 Å². The highest BCUT2D eigenvalue weighted by atomic mass is 16.5. The largest absolute Gasteiger partial charge is 0.496 e. The second-order valence-electron chi connectivity index (χ2n) is 5.85. The van der Waals surface area contributed by atoms with E-state index in [9.17, 15) is 9.59 Å². The van der Waals surface area contributed by atoms with Crippen molar-refractivity contribution in [1.29, 1.82) is 0 Å². The van der Waals surface area contributed by atoms with Crippen molar-refractivity contribution in [3.63, 3.8) is 0 Å². The monoisotopic (exact) mass is 321 g/mol. The molecule has 1 rings (SSSR count). The first-order chi connectivity index (χ1) is 10.8. The summed E-state index contributed by atoms with van der Waals surface area (Å²) < 4.78 is 5.36. The first-order valence-corrected chi connectivity index (χ1v) is 7.81. The highest BCUT2D eigenvalue weighted by molar-refractivity contribution is 5.87. The molecule has 6 heteroatoms. The lowest BCUT2D eigenvalue weighted by molar-refractivity contribution is -0.124. The fourth-order valence-electron chi connectivity index (χ4n) is 2.43. The standard InChI is InChI=1S/C17H27N3O3/c1-6-11(3)15(20-17(18)22)16(21)19-12(4)13-9-10(2)7-8-14(13)23-5/h7-9,11-12,15H,6H2,1-5H3,(H,19,21)(H3,18,20,22)/t11-,12-,15-/m0/s1. The summed E-state index contributed by atoms with van der Waals surface area (Å²) in [4.78, 5) is 23.7. The zero-order valence-electron chi connectivity index (χ0n) is 14.5. The van der Waals surface area contributed by atoms with Crippen molar-refractivity contribution in [1.82, 2.24) is 10.6 Å². The van der Waals surface area contributed by atoms with Gasteiger partial charge >= 0.3 is 6.03 Å². The molecule has 1 aromatic rings. The quantitative estimate of drug-likeness (QED) is 0.719. The van der Waals surface area contributed by atoms with Gasteiger partial charge in [0.05, 0.1) is 13.2 Å². The Morgan fingerprint density at radius 1 is 1.26 bits per heavy atom. The van der Waals surface area contributed by atoms with E-state index >= 15 is 0 Å². The van der Waals surface area contributed by atoms with Crippen LogP contribution < -0.4 is 21.1 Å². The number of primary amides is 1. The molecule has 128 valence electrons. The number of methoxy groups -OCH3 is 1. The van der Waals surface area contributed by atoms with Crippen LogP contribution in [0.1, 0.15) is 44.4 Å². The summed E-state index contributed by atoms with van der Waals surface area (Å²) in [5.41, 5.74) is 7.15. The van der Waals surface area contributed by atoms with Gasteiger partial charge in [-0.05, 0) is 25.8 Å². The minimum absolute atomic E-state index is 0.0193. The number of hydrogen-bond acceptors (Lipinski definition) is 3. The van der Waals surface area contributed by atoms with Gasteiger partial charge in [-0.1, -0.05) is 38.0 Å². The maximum atomic E-state index is 12.5. The Bertz CT molecular complexity index is 560. The molecular formula is C17H27N3O3. The minimum atomic E-state index is -0.703. The summed E-state index contributed by atoms with van der Waals surface area (Å²) in [6, 6.07) is 4.19. The molecule has 4 N–H and O–H groups in total. The minimum Gasteiger partial charge on any atom is -0.496 e. The summed E-state index contributed by atoms with van der Waals surface area (Å²) in [7, 11) is 1.60. The molecular weight excluding hydrogens is 294 g/mol. The maximum Gasteiger partial charge on any atom is 0.312 e. The fourth-order valence-corrected chi connectivity index (χ4v) is 2.43. The van der Waals surface area contributed by atoms with Crippen LogP contribution in [0.4, 0.5) is 4.79 Å². The number of amides is 3. The first kappa shape index (κ1) is 18.8. The number of benzene rings is 1. The predicted octanol–water partition coefficient (Wildman–Crippen LogP) is 2.26. The number of carbonyl (C=O) groups excluding carboxylic acids is 2. The molecule has 0 bridgehead atoms. The van der Waals surface area contributed by atoms with Gasteiger partial charge in [-0.25, -0.2) is 4.79 Å². The van der Waals surface area contributed by atoms with Crippen LogP contribution >= 0.6 is 0 Å². The molecule has 0 aliphatic rings. The summed E-state index contributed by atoms with van der Waals surface area (Å²) in [6.45, 7) is 7.72. The fraction of sp³-hybridized carbons (Fsp3) is 0.529. The van der Waals surface area contributed by atoms with Crippen molar-refractivity contribution in [2.75, 3.05) is 7.11 Å². The molecule has 0 radical (unpaired) electrons. The lowest BCUT2D eigenvalue weighted by Crippen LogP contribution is -2.52. The summed E-state index contributed by atoms with van der Waals surface area (Å²) in [5.74, 6) is 0.440. The van der Waals surface area contributed by atoms with E-state index in [0.29, 0.717) is 5.75 Å². The average molecular weight is 321 g/mol. The Kier molecular flexibility index (Phi) is 6.88. The van der Waals surface area contributed by atoms with Crippen LogP contribution in [-0.4, -0.2) is 25.1 Å². The highest BCUT2D eigenvalue weighted by Crippen LogP contribution is 2.26. The van der Waals surface area contributed by atoms with E-state index in [0.717, 1.165) is 17.5 Å². The highest BCUT2D eigenvalue weighted by Gasteiger charge is 2.27. The van der Waals surface area contributed by atoms with Gasteiger partial charge in [0.25, 0.3) is 0 Å². The van der Waals surface area contributed by atoms with Crippen molar-refractivity contribution in [3.05, 3.63) is 29.3 Å². The molecule has 23 heavy (non-hydrogen) atoms. The number of urea groups is 1. The van der Waals surface area contributed by atoms with E-state index in [1.54, 1.807) is 7.11 Å². The van der Waals surface area contributed by atoms with E-state index in [1.165, 1.54) is 0 Å². The normalized spacial score (nSPS) is 14.5. The van der Waals surface area contributed by atoms with Gasteiger partial charge in [-0.2, -0.15) is 0 Å². The zero-order valence-corrected chi connectivity index (χ0v) is 14.5. The second kappa shape index (κ2) is 8.41.